The van der Waals surface area contributed by atoms with Crippen molar-refractivity contribution >= 4 is 0 Å². The van der Waals surface area contributed by atoms with Crippen molar-refractivity contribution < 1.29 is 18.9 Å². The quantitative estimate of drug-likeness (QED) is 0.626. The Morgan fingerprint density at radius 1 is 1.11 bits per heavy atom. The molecule has 0 radical (unpaired) electrons. The first kappa shape index (κ1) is 14.3. The maximum atomic E-state index is 6.16. The first-order valence-electron chi connectivity index (χ1n) is 6.83. The molecule has 18 heavy (non-hydrogen) atoms. The van der Waals surface area contributed by atoms with Crippen LogP contribution in [0.2, 0.25) is 0 Å². The van der Waals surface area contributed by atoms with Gasteiger partial charge >= 0.3 is 0 Å². The Morgan fingerprint density at radius 2 is 1.67 bits per heavy atom. The van der Waals surface area contributed by atoms with Crippen LogP contribution < -0.4 is 0 Å². The van der Waals surface area contributed by atoms with Crippen LogP contribution >= 0.6 is 0 Å². The molecule has 2 rings (SSSR count). The summed E-state index contributed by atoms with van der Waals surface area (Å²) in [6.07, 6.45) is 1.66. The summed E-state index contributed by atoms with van der Waals surface area (Å²) in [4.78, 5) is 0. The van der Waals surface area contributed by atoms with Crippen LogP contribution in [0.3, 0.4) is 0 Å². The van der Waals surface area contributed by atoms with E-state index in [-0.39, 0.29) is 17.3 Å². The minimum absolute atomic E-state index is 0.0324. The second kappa shape index (κ2) is 5.08. The lowest BCUT2D eigenvalue weighted by molar-refractivity contribution is -0.170. The average molecular weight is 258 g/mol. The molecule has 0 spiro atoms. The van der Waals surface area contributed by atoms with Crippen molar-refractivity contribution in [3.8, 4) is 0 Å². The van der Waals surface area contributed by atoms with Gasteiger partial charge in [0.05, 0.1) is 43.2 Å². The third-order valence-electron chi connectivity index (χ3n) is 3.64. The highest BCUT2D eigenvalue weighted by atomic mass is 16.6. The van der Waals surface area contributed by atoms with Gasteiger partial charge in [0.25, 0.3) is 0 Å². The van der Waals surface area contributed by atoms with Crippen molar-refractivity contribution in [2.45, 2.75) is 70.6 Å². The SMILES string of the molecule is CC(OC(C)(C)CC1CO1)C(C)(C)OCC1CO1. The molecule has 2 fully saturated rings. The van der Waals surface area contributed by atoms with Gasteiger partial charge in [-0.05, 0) is 34.6 Å². The summed E-state index contributed by atoms with van der Waals surface area (Å²) in [5.41, 5.74) is -0.467. The molecule has 0 N–H and O–H groups in total. The molecule has 0 bridgehead atoms. The fraction of sp³-hybridized carbons (Fsp3) is 1.00. The fourth-order valence-electron chi connectivity index (χ4n) is 1.99. The maximum Gasteiger partial charge on any atom is 0.104 e. The Hall–Kier alpha value is -0.160. The normalized spacial score (nSPS) is 29.2. The molecule has 0 amide bonds. The van der Waals surface area contributed by atoms with Crippen molar-refractivity contribution in [1.82, 2.24) is 0 Å². The second-order valence-corrected chi connectivity index (χ2v) is 6.55. The molecule has 4 nitrogen and oxygen atoms in total. The van der Waals surface area contributed by atoms with Crippen LogP contribution in [-0.2, 0) is 18.9 Å². The number of hydrogen-bond donors (Lipinski definition) is 0. The van der Waals surface area contributed by atoms with Gasteiger partial charge in [-0.1, -0.05) is 0 Å². The predicted molar refractivity (Wildman–Crippen MR) is 68.8 cm³/mol. The lowest BCUT2D eigenvalue weighted by atomic mass is 9.98. The molecular weight excluding hydrogens is 232 g/mol. The van der Waals surface area contributed by atoms with E-state index in [0.717, 1.165) is 19.6 Å². The number of epoxide rings is 2. The molecule has 4 heteroatoms. The molecule has 0 saturated carbocycles. The molecule has 2 heterocycles. The van der Waals surface area contributed by atoms with Crippen LogP contribution in [0.15, 0.2) is 0 Å². The lowest BCUT2D eigenvalue weighted by Crippen LogP contribution is -2.44. The summed E-state index contributed by atoms with van der Waals surface area (Å²) in [6.45, 7) is 12.8. The van der Waals surface area contributed by atoms with Crippen LogP contribution in [0, 0.1) is 0 Å². The monoisotopic (exact) mass is 258 g/mol. The topological polar surface area (TPSA) is 43.5 Å². The van der Waals surface area contributed by atoms with Gasteiger partial charge in [-0.3, -0.25) is 0 Å². The van der Waals surface area contributed by atoms with E-state index in [0.29, 0.717) is 18.8 Å². The van der Waals surface area contributed by atoms with Crippen molar-refractivity contribution in [2.24, 2.45) is 0 Å². The van der Waals surface area contributed by atoms with E-state index in [1.54, 1.807) is 0 Å². The molecule has 2 aliphatic heterocycles. The zero-order valence-electron chi connectivity index (χ0n) is 12.2. The van der Waals surface area contributed by atoms with E-state index in [1.165, 1.54) is 0 Å². The van der Waals surface area contributed by atoms with Gasteiger partial charge in [-0.25, -0.2) is 0 Å². The van der Waals surface area contributed by atoms with Crippen LogP contribution in [0.25, 0.3) is 0 Å². The van der Waals surface area contributed by atoms with E-state index in [1.807, 2.05) is 0 Å². The summed E-state index contributed by atoms with van der Waals surface area (Å²) in [5.74, 6) is 0. The minimum Gasteiger partial charge on any atom is -0.373 e. The molecule has 3 atom stereocenters. The van der Waals surface area contributed by atoms with Gasteiger partial charge < -0.3 is 18.9 Å². The summed E-state index contributed by atoms with van der Waals surface area (Å²) in [6, 6.07) is 0. The van der Waals surface area contributed by atoms with E-state index >= 15 is 0 Å². The average Bonchev–Trinajstić information content (AvgIpc) is 3.08. The molecule has 2 saturated heterocycles. The zero-order chi connectivity index (χ0) is 13.4. The molecule has 0 aromatic carbocycles. The maximum absolute atomic E-state index is 6.16. The smallest absolute Gasteiger partial charge is 0.104 e. The molecule has 3 unspecified atom stereocenters. The molecular formula is C14H26O4. The number of rotatable bonds is 8. The summed E-state index contributed by atoms with van der Waals surface area (Å²) >= 11 is 0. The van der Waals surface area contributed by atoms with Crippen LogP contribution in [0.1, 0.15) is 41.0 Å². The Labute approximate surface area is 110 Å². The van der Waals surface area contributed by atoms with E-state index in [4.69, 9.17) is 18.9 Å². The third-order valence-corrected chi connectivity index (χ3v) is 3.64. The molecule has 0 aromatic rings. The summed E-state index contributed by atoms with van der Waals surface area (Å²) in [7, 11) is 0. The first-order valence-corrected chi connectivity index (χ1v) is 6.83. The first-order chi connectivity index (χ1) is 8.28. The zero-order valence-corrected chi connectivity index (χ0v) is 12.2. The number of hydrogen-bond acceptors (Lipinski definition) is 4. The largest absolute Gasteiger partial charge is 0.373 e. The predicted octanol–water partition coefficient (Wildman–Crippen LogP) is 2.15. The van der Waals surface area contributed by atoms with Crippen molar-refractivity contribution in [3.05, 3.63) is 0 Å². The Kier molecular flexibility index (Phi) is 4.02. The highest BCUT2D eigenvalue weighted by Gasteiger charge is 2.38. The Morgan fingerprint density at radius 3 is 2.17 bits per heavy atom. The van der Waals surface area contributed by atoms with Crippen molar-refractivity contribution in [1.29, 1.82) is 0 Å². The van der Waals surface area contributed by atoms with E-state index in [9.17, 15) is 0 Å². The molecule has 0 aromatic heterocycles. The fourth-order valence-corrected chi connectivity index (χ4v) is 1.99. The van der Waals surface area contributed by atoms with Gasteiger partial charge in [0.15, 0.2) is 0 Å². The van der Waals surface area contributed by atoms with Gasteiger partial charge in [0, 0.05) is 6.42 Å². The summed E-state index contributed by atoms with van der Waals surface area (Å²) < 4.78 is 22.5. The van der Waals surface area contributed by atoms with Crippen LogP contribution in [-0.4, -0.2) is 49.3 Å². The van der Waals surface area contributed by atoms with Crippen LogP contribution in [0.5, 0.6) is 0 Å². The van der Waals surface area contributed by atoms with Crippen molar-refractivity contribution in [3.63, 3.8) is 0 Å². The second-order valence-electron chi connectivity index (χ2n) is 6.55. The minimum atomic E-state index is -0.298. The van der Waals surface area contributed by atoms with E-state index in [2.05, 4.69) is 34.6 Å². The number of ether oxygens (including phenoxy) is 4. The summed E-state index contributed by atoms with van der Waals surface area (Å²) in [5, 5.41) is 0. The van der Waals surface area contributed by atoms with Crippen LogP contribution in [0.4, 0.5) is 0 Å². The van der Waals surface area contributed by atoms with Gasteiger partial charge in [0.2, 0.25) is 0 Å². The lowest BCUT2D eigenvalue weighted by Gasteiger charge is -2.37. The molecule has 2 aliphatic rings. The standard InChI is InChI=1S/C14H26O4/c1-10(14(4,5)17-9-12-8-16-12)18-13(2,3)6-11-7-15-11/h10-12H,6-9H2,1-5H3. The van der Waals surface area contributed by atoms with E-state index < -0.39 is 0 Å². The Bertz CT molecular complexity index is 280. The highest BCUT2D eigenvalue weighted by Crippen LogP contribution is 2.30. The van der Waals surface area contributed by atoms with Gasteiger partial charge in [0.1, 0.15) is 6.10 Å². The van der Waals surface area contributed by atoms with Gasteiger partial charge in [-0.2, -0.15) is 0 Å². The molecule has 0 aliphatic carbocycles. The Balaban J connectivity index is 1.77. The third kappa shape index (κ3) is 4.50. The van der Waals surface area contributed by atoms with Crippen molar-refractivity contribution in [2.75, 3.05) is 19.8 Å². The van der Waals surface area contributed by atoms with Gasteiger partial charge in [-0.15, -0.1) is 0 Å². The highest BCUT2D eigenvalue weighted by molar-refractivity contribution is 4.85. The molecule has 106 valence electrons.